The summed E-state index contributed by atoms with van der Waals surface area (Å²) in [5, 5.41) is 12.4. The highest BCUT2D eigenvalue weighted by Crippen LogP contribution is 2.14. The maximum Gasteiger partial charge on any atom is 0.255 e. The van der Waals surface area contributed by atoms with Crippen molar-refractivity contribution in [3.8, 4) is 5.75 Å². The van der Waals surface area contributed by atoms with Gasteiger partial charge in [-0.1, -0.05) is 0 Å². The molecule has 0 aliphatic rings. The lowest BCUT2D eigenvalue weighted by atomic mass is 10.2. The van der Waals surface area contributed by atoms with Crippen LogP contribution in [0.15, 0.2) is 30.0 Å². The van der Waals surface area contributed by atoms with Crippen molar-refractivity contribution in [2.24, 2.45) is 0 Å². The van der Waals surface area contributed by atoms with Crippen molar-refractivity contribution >= 4 is 17.2 Å². The number of pyridine rings is 1. The van der Waals surface area contributed by atoms with E-state index in [0.717, 1.165) is 11.4 Å². The first kappa shape index (κ1) is 14.5. The van der Waals surface area contributed by atoms with Crippen LogP contribution in [0.25, 0.3) is 0 Å². The van der Waals surface area contributed by atoms with Gasteiger partial charge in [-0.3, -0.25) is 9.78 Å². The Hall–Kier alpha value is -1.95. The van der Waals surface area contributed by atoms with Crippen LogP contribution in [-0.4, -0.2) is 38.5 Å². The summed E-state index contributed by atoms with van der Waals surface area (Å²) < 4.78 is 0. The highest BCUT2D eigenvalue weighted by atomic mass is 32.1. The molecule has 0 bridgehead atoms. The van der Waals surface area contributed by atoms with Gasteiger partial charge in [0.05, 0.1) is 16.8 Å². The summed E-state index contributed by atoms with van der Waals surface area (Å²) in [7, 11) is 0. The SMILES string of the molecule is CC(C)N(CCc1nccs1)C(=O)c1cncc(O)c1. The van der Waals surface area contributed by atoms with Crippen molar-refractivity contribution in [1.29, 1.82) is 0 Å². The van der Waals surface area contributed by atoms with Gasteiger partial charge in [0.15, 0.2) is 0 Å². The zero-order valence-electron chi connectivity index (χ0n) is 11.5. The molecule has 5 nitrogen and oxygen atoms in total. The van der Waals surface area contributed by atoms with E-state index in [0.29, 0.717) is 12.1 Å². The first-order valence-electron chi connectivity index (χ1n) is 6.41. The third kappa shape index (κ3) is 3.54. The van der Waals surface area contributed by atoms with Crippen LogP contribution in [0.5, 0.6) is 5.75 Å². The normalized spacial score (nSPS) is 10.8. The third-order valence-electron chi connectivity index (χ3n) is 2.91. The fourth-order valence-electron chi connectivity index (χ4n) is 1.90. The van der Waals surface area contributed by atoms with Crippen LogP contribution < -0.4 is 0 Å². The zero-order valence-corrected chi connectivity index (χ0v) is 12.3. The van der Waals surface area contributed by atoms with E-state index in [4.69, 9.17) is 0 Å². The van der Waals surface area contributed by atoms with Gasteiger partial charge in [-0.15, -0.1) is 11.3 Å². The van der Waals surface area contributed by atoms with Crippen molar-refractivity contribution in [3.05, 3.63) is 40.6 Å². The summed E-state index contributed by atoms with van der Waals surface area (Å²) in [5.41, 5.74) is 0.401. The predicted octanol–water partition coefficient (Wildman–Crippen LogP) is 2.34. The number of hydrogen-bond donors (Lipinski definition) is 1. The Morgan fingerprint density at radius 3 is 2.85 bits per heavy atom. The second-order valence-electron chi connectivity index (χ2n) is 4.70. The van der Waals surface area contributed by atoms with Gasteiger partial charge in [0.1, 0.15) is 5.75 Å². The monoisotopic (exact) mass is 291 g/mol. The molecule has 2 aromatic heterocycles. The van der Waals surface area contributed by atoms with E-state index >= 15 is 0 Å². The molecule has 1 N–H and O–H groups in total. The first-order valence-corrected chi connectivity index (χ1v) is 7.29. The lowest BCUT2D eigenvalue weighted by Crippen LogP contribution is -2.38. The standard InChI is InChI=1S/C14H17N3O2S/c1-10(2)17(5-3-13-16-4-6-20-13)14(19)11-7-12(18)9-15-8-11/h4,6-10,18H,3,5H2,1-2H3. The van der Waals surface area contributed by atoms with Gasteiger partial charge in [0, 0.05) is 36.8 Å². The minimum absolute atomic E-state index is 0.000482. The smallest absolute Gasteiger partial charge is 0.255 e. The molecule has 20 heavy (non-hydrogen) atoms. The number of amides is 1. The fourth-order valence-corrected chi connectivity index (χ4v) is 2.51. The Morgan fingerprint density at radius 1 is 1.45 bits per heavy atom. The summed E-state index contributed by atoms with van der Waals surface area (Å²) in [5.74, 6) is -0.126. The zero-order chi connectivity index (χ0) is 14.5. The van der Waals surface area contributed by atoms with E-state index in [2.05, 4.69) is 9.97 Å². The summed E-state index contributed by atoms with van der Waals surface area (Å²) in [6, 6.07) is 1.51. The molecule has 0 aliphatic heterocycles. The number of aromatic nitrogens is 2. The number of hydrogen-bond acceptors (Lipinski definition) is 5. The molecule has 2 rings (SSSR count). The van der Waals surface area contributed by atoms with Crippen molar-refractivity contribution in [1.82, 2.24) is 14.9 Å². The van der Waals surface area contributed by atoms with E-state index in [-0.39, 0.29) is 17.7 Å². The van der Waals surface area contributed by atoms with Crippen LogP contribution >= 0.6 is 11.3 Å². The van der Waals surface area contributed by atoms with Crippen molar-refractivity contribution < 1.29 is 9.90 Å². The number of thiazole rings is 1. The van der Waals surface area contributed by atoms with Crippen LogP contribution in [0, 0.1) is 0 Å². The molecule has 6 heteroatoms. The minimum atomic E-state index is -0.125. The van der Waals surface area contributed by atoms with Crippen molar-refractivity contribution in [2.45, 2.75) is 26.3 Å². The van der Waals surface area contributed by atoms with Gasteiger partial charge in [-0.2, -0.15) is 0 Å². The van der Waals surface area contributed by atoms with E-state index in [1.54, 1.807) is 22.4 Å². The number of rotatable bonds is 5. The Morgan fingerprint density at radius 2 is 2.25 bits per heavy atom. The summed E-state index contributed by atoms with van der Waals surface area (Å²) >= 11 is 1.59. The molecule has 106 valence electrons. The van der Waals surface area contributed by atoms with Crippen LogP contribution in [0.1, 0.15) is 29.2 Å². The van der Waals surface area contributed by atoms with E-state index < -0.39 is 0 Å². The second-order valence-corrected chi connectivity index (χ2v) is 5.68. The van der Waals surface area contributed by atoms with Crippen molar-refractivity contribution in [2.75, 3.05) is 6.54 Å². The highest BCUT2D eigenvalue weighted by molar-refractivity contribution is 7.09. The largest absolute Gasteiger partial charge is 0.506 e. The second kappa shape index (κ2) is 6.47. The molecule has 0 saturated carbocycles. The molecule has 2 heterocycles. The fraction of sp³-hybridized carbons (Fsp3) is 0.357. The maximum absolute atomic E-state index is 12.5. The lowest BCUT2D eigenvalue weighted by molar-refractivity contribution is 0.0707. The van der Waals surface area contributed by atoms with Gasteiger partial charge in [0.2, 0.25) is 0 Å². The molecule has 0 aliphatic carbocycles. The molecule has 0 unspecified atom stereocenters. The van der Waals surface area contributed by atoms with Crippen LogP contribution in [0.4, 0.5) is 0 Å². The highest BCUT2D eigenvalue weighted by Gasteiger charge is 2.19. The van der Waals surface area contributed by atoms with E-state index in [1.165, 1.54) is 18.5 Å². The lowest BCUT2D eigenvalue weighted by Gasteiger charge is -2.26. The average Bonchev–Trinajstić information content (AvgIpc) is 2.91. The molecule has 0 radical (unpaired) electrons. The average molecular weight is 291 g/mol. The Bertz CT molecular complexity index is 570. The topological polar surface area (TPSA) is 66.3 Å². The quantitative estimate of drug-likeness (QED) is 0.918. The molecular formula is C14H17N3O2S. The Kier molecular flexibility index (Phi) is 4.68. The van der Waals surface area contributed by atoms with Gasteiger partial charge in [-0.25, -0.2) is 4.98 Å². The van der Waals surface area contributed by atoms with Gasteiger partial charge in [0.25, 0.3) is 5.91 Å². The van der Waals surface area contributed by atoms with Crippen LogP contribution in [0.3, 0.4) is 0 Å². The molecule has 1 amide bonds. The van der Waals surface area contributed by atoms with Gasteiger partial charge < -0.3 is 10.0 Å². The number of aromatic hydroxyl groups is 1. The van der Waals surface area contributed by atoms with E-state index in [1.807, 2.05) is 19.2 Å². The van der Waals surface area contributed by atoms with Gasteiger partial charge in [-0.05, 0) is 19.9 Å². The number of carbonyl (C=O) groups is 1. The molecule has 0 aromatic carbocycles. The molecule has 0 atom stereocenters. The molecule has 0 fully saturated rings. The minimum Gasteiger partial charge on any atom is -0.506 e. The predicted molar refractivity (Wildman–Crippen MR) is 77.9 cm³/mol. The number of carbonyl (C=O) groups excluding carboxylic acids is 1. The van der Waals surface area contributed by atoms with Crippen molar-refractivity contribution in [3.63, 3.8) is 0 Å². The Labute approximate surface area is 121 Å². The Balaban J connectivity index is 2.09. The van der Waals surface area contributed by atoms with Gasteiger partial charge >= 0.3 is 0 Å². The summed E-state index contributed by atoms with van der Waals surface area (Å²) in [6.45, 7) is 4.53. The molecule has 0 saturated heterocycles. The third-order valence-corrected chi connectivity index (χ3v) is 3.74. The number of nitrogens with zero attached hydrogens (tertiary/aromatic N) is 3. The summed E-state index contributed by atoms with van der Waals surface area (Å²) in [4.78, 5) is 22.3. The van der Waals surface area contributed by atoms with E-state index in [9.17, 15) is 9.90 Å². The molecule has 2 aromatic rings. The first-order chi connectivity index (χ1) is 9.58. The maximum atomic E-state index is 12.5. The molecular weight excluding hydrogens is 274 g/mol. The molecule has 0 spiro atoms. The van der Waals surface area contributed by atoms with Crippen LogP contribution in [0.2, 0.25) is 0 Å². The van der Waals surface area contributed by atoms with Crippen LogP contribution in [-0.2, 0) is 6.42 Å². The summed E-state index contributed by atoms with van der Waals surface area (Å²) in [6.07, 6.45) is 5.28.